The van der Waals surface area contributed by atoms with E-state index in [1.807, 2.05) is 13.1 Å². The molecule has 0 aliphatic carbocycles. The number of hydrogen-bond acceptors (Lipinski definition) is 6. The normalized spacial score (nSPS) is 24.9. The summed E-state index contributed by atoms with van der Waals surface area (Å²) in [5.41, 5.74) is 1.59. The van der Waals surface area contributed by atoms with Crippen LogP contribution in [0.2, 0.25) is 0 Å². The van der Waals surface area contributed by atoms with Crippen LogP contribution in [0.3, 0.4) is 0 Å². The molecular weight excluding hydrogens is 384 g/mol. The van der Waals surface area contributed by atoms with E-state index in [1.54, 1.807) is 12.1 Å². The van der Waals surface area contributed by atoms with Crippen molar-refractivity contribution in [2.45, 2.75) is 57.2 Å². The predicted molar refractivity (Wildman–Crippen MR) is 110 cm³/mol. The van der Waals surface area contributed by atoms with Gasteiger partial charge in [0.2, 0.25) is 11.8 Å². The molecule has 3 aliphatic heterocycles. The number of imide groups is 2. The first kappa shape index (κ1) is 20.7. The lowest BCUT2D eigenvalue weighted by Gasteiger charge is -2.36. The van der Waals surface area contributed by atoms with Crippen LogP contribution >= 0.6 is 0 Å². The second-order valence-corrected chi connectivity index (χ2v) is 8.30. The van der Waals surface area contributed by atoms with Crippen LogP contribution in [0.5, 0.6) is 0 Å². The largest absolute Gasteiger partial charge is 0.320 e. The van der Waals surface area contributed by atoms with Crippen LogP contribution in [-0.2, 0) is 16.1 Å². The second-order valence-electron chi connectivity index (χ2n) is 8.30. The van der Waals surface area contributed by atoms with Crippen molar-refractivity contribution in [2.75, 3.05) is 20.1 Å². The van der Waals surface area contributed by atoms with Gasteiger partial charge in [0, 0.05) is 19.0 Å². The third-order valence-electron chi connectivity index (χ3n) is 6.40. The third-order valence-corrected chi connectivity index (χ3v) is 6.40. The number of carbonyl (C=O) groups is 4. The van der Waals surface area contributed by atoms with Gasteiger partial charge < -0.3 is 5.32 Å². The first-order valence-electron chi connectivity index (χ1n) is 10.7. The Kier molecular flexibility index (Phi) is 5.97. The van der Waals surface area contributed by atoms with Crippen LogP contribution in [0.25, 0.3) is 0 Å². The third kappa shape index (κ3) is 3.77. The molecule has 0 radical (unpaired) electrons. The molecule has 160 valence electrons. The number of rotatable bonds is 6. The number of nitrogens with zero attached hydrogens (tertiary/aromatic N) is 2. The molecule has 2 saturated heterocycles. The van der Waals surface area contributed by atoms with E-state index in [1.165, 1.54) is 6.42 Å². The van der Waals surface area contributed by atoms with Crippen molar-refractivity contribution in [1.82, 2.24) is 20.4 Å². The fraction of sp³-hybridized carbons (Fsp3) is 0.545. The molecule has 8 nitrogen and oxygen atoms in total. The van der Waals surface area contributed by atoms with Crippen molar-refractivity contribution < 1.29 is 19.2 Å². The number of amides is 4. The zero-order chi connectivity index (χ0) is 21.3. The van der Waals surface area contributed by atoms with Crippen molar-refractivity contribution in [2.24, 2.45) is 0 Å². The zero-order valence-corrected chi connectivity index (χ0v) is 17.3. The molecule has 1 aromatic rings. The molecular formula is C22H28N4O4. The lowest BCUT2D eigenvalue weighted by atomic mass is 9.96. The zero-order valence-electron chi connectivity index (χ0n) is 17.3. The van der Waals surface area contributed by atoms with Crippen molar-refractivity contribution in [3.05, 3.63) is 34.9 Å². The maximum Gasteiger partial charge on any atom is 0.262 e. The summed E-state index contributed by atoms with van der Waals surface area (Å²) in [7, 11) is 1.95. The van der Waals surface area contributed by atoms with Gasteiger partial charge in [0.05, 0.1) is 11.1 Å². The molecule has 4 amide bonds. The van der Waals surface area contributed by atoms with Crippen molar-refractivity contribution in [3.63, 3.8) is 0 Å². The van der Waals surface area contributed by atoms with Gasteiger partial charge in [-0.15, -0.1) is 0 Å². The van der Waals surface area contributed by atoms with Crippen molar-refractivity contribution in [1.29, 1.82) is 0 Å². The lowest BCUT2D eigenvalue weighted by Crippen LogP contribution is -2.54. The van der Waals surface area contributed by atoms with E-state index in [0.29, 0.717) is 23.7 Å². The van der Waals surface area contributed by atoms with Crippen LogP contribution < -0.4 is 10.6 Å². The number of carbonyl (C=O) groups excluding carboxylic acids is 4. The molecule has 0 spiro atoms. The SMILES string of the molecule is CNCCC1CCCCN1Cc1cccc2c1C(=O)N(C1CCC(=O)NC1=O)C2=O. The van der Waals surface area contributed by atoms with Gasteiger partial charge in [-0.2, -0.15) is 0 Å². The molecule has 8 heteroatoms. The van der Waals surface area contributed by atoms with Crippen molar-refractivity contribution in [3.8, 4) is 0 Å². The topological polar surface area (TPSA) is 98.8 Å². The summed E-state index contributed by atoms with van der Waals surface area (Å²) in [5.74, 6) is -1.82. The van der Waals surface area contributed by atoms with E-state index < -0.39 is 23.8 Å². The van der Waals surface area contributed by atoms with Gasteiger partial charge in [-0.25, -0.2) is 0 Å². The number of hydrogen-bond donors (Lipinski definition) is 2. The fourth-order valence-corrected chi connectivity index (χ4v) is 4.84. The van der Waals surface area contributed by atoms with Gasteiger partial charge in [-0.3, -0.25) is 34.3 Å². The second kappa shape index (κ2) is 8.65. The summed E-state index contributed by atoms with van der Waals surface area (Å²) in [5, 5.41) is 5.45. The highest BCUT2D eigenvalue weighted by atomic mass is 16.2. The molecule has 4 rings (SSSR count). The van der Waals surface area contributed by atoms with Crippen LogP contribution in [0, 0.1) is 0 Å². The van der Waals surface area contributed by atoms with E-state index in [2.05, 4.69) is 15.5 Å². The number of nitrogens with one attached hydrogen (secondary N) is 2. The Morgan fingerprint density at radius 3 is 2.70 bits per heavy atom. The predicted octanol–water partition coefficient (Wildman–Crippen LogP) is 1.05. The van der Waals surface area contributed by atoms with E-state index in [9.17, 15) is 19.2 Å². The van der Waals surface area contributed by atoms with Crippen LogP contribution in [-0.4, -0.2) is 65.6 Å². The first-order chi connectivity index (χ1) is 14.5. The Morgan fingerprint density at radius 2 is 1.93 bits per heavy atom. The molecule has 0 saturated carbocycles. The number of fused-ring (bicyclic) bond motifs is 1. The first-order valence-corrected chi connectivity index (χ1v) is 10.7. The van der Waals surface area contributed by atoms with Gasteiger partial charge in [0.25, 0.3) is 11.8 Å². The Bertz CT molecular complexity index is 884. The minimum Gasteiger partial charge on any atom is -0.320 e. The van der Waals surface area contributed by atoms with Crippen LogP contribution in [0.4, 0.5) is 0 Å². The van der Waals surface area contributed by atoms with E-state index in [4.69, 9.17) is 0 Å². The number of likely N-dealkylation sites (tertiary alicyclic amines) is 1. The maximum absolute atomic E-state index is 13.3. The Hall–Kier alpha value is -2.58. The fourth-order valence-electron chi connectivity index (χ4n) is 4.84. The highest BCUT2D eigenvalue weighted by Gasteiger charge is 2.45. The van der Waals surface area contributed by atoms with Crippen LogP contribution in [0.1, 0.15) is 64.8 Å². The molecule has 2 N–H and O–H groups in total. The molecule has 2 fully saturated rings. The smallest absolute Gasteiger partial charge is 0.262 e. The molecule has 0 bridgehead atoms. The lowest BCUT2D eigenvalue weighted by molar-refractivity contribution is -0.136. The molecule has 3 heterocycles. The van der Waals surface area contributed by atoms with Gasteiger partial charge >= 0.3 is 0 Å². The minimum atomic E-state index is -0.929. The minimum absolute atomic E-state index is 0.123. The summed E-state index contributed by atoms with van der Waals surface area (Å²) in [6.07, 6.45) is 4.80. The van der Waals surface area contributed by atoms with Gasteiger partial charge in [-0.1, -0.05) is 18.6 Å². The van der Waals surface area contributed by atoms with Crippen LogP contribution in [0.15, 0.2) is 18.2 Å². The standard InChI is InChI=1S/C22H28N4O4/c1-23-11-10-15-6-2-3-12-25(15)13-14-5-4-7-16-19(14)22(30)26(21(16)29)17-8-9-18(27)24-20(17)28/h4-5,7,15,17,23H,2-3,6,8-13H2,1H3,(H,24,27,28). The monoisotopic (exact) mass is 412 g/mol. The Balaban J connectivity index is 1.58. The van der Waals surface area contributed by atoms with Crippen molar-refractivity contribution >= 4 is 23.6 Å². The summed E-state index contributed by atoms with van der Waals surface area (Å²) >= 11 is 0. The van der Waals surface area contributed by atoms with E-state index in [-0.39, 0.29) is 18.7 Å². The summed E-state index contributed by atoms with van der Waals surface area (Å²) in [6, 6.07) is 4.88. The van der Waals surface area contributed by atoms with Gasteiger partial charge in [0.15, 0.2) is 0 Å². The van der Waals surface area contributed by atoms with Gasteiger partial charge in [0.1, 0.15) is 6.04 Å². The molecule has 2 atom stereocenters. The average Bonchev–Trinajstić information content (AvgIpc) is 2.99. The Morgan fingerprint density at radius 1 is 1.10 bits per heavy atom. The van der Waals surface area contributed by atoms with E-state index in [0.717, 1.165) is 42.8 Å². The summed E-state index contributed by atoms with van der Waals surface area (Å²) in [6.45, 7) is 2.52. The maximum atomic E-state index is 13.3. The summed E-state index contributed by atoms with van der Waals surface area (Å²) < 4.78 is 0. The quantitative estimate of drug-likeness (QED) is 0.678. The number of piperidine rings is 2. The van der Waals surface area contributed by atoms with E-state index >= 15 is 0 Å². The highest BCUT2D eigenvalue weighted by Crippen LogP contribution is 2.31. The Labute approximate surface area is 176 Å². The van der Waals surface area contributed by atoms with Gasteiger partial charge in [-0.05, 0) is 57.5 Å². The molecule has 1 aromatic carbocycles. The molecule has 3 aliphatic rings. The number of benzene rings is 1. The summed E-state index contributed by atoms with van der Waals surface area (Å²) in [4.78, 5) is 53.5. The average molecular weight is 412 g/mol. The molecule has 0 aromatic heterocycles. The highest BCUT2D eigenvalue weighted by molar-refractivity contribution is 6.24. The molecule has 2 unspecified atom stereocenters. The molecule has 30 heavy (non-hydrogen) atoms.